The van der Waals surface area contributed by atoms with Gasteiger partial charge in [0, 0.05) is 0 Å². The lowest BCUT2D eigenvalue weighted by molar-refractivity contribution is 0.141. The van der Waals surface area contributed by atoms with E-state index in [1.807, 2.05) is 0 Å². The van der Waals surface area contributed by atoms with Crippen molar-refractivity contribution in [3.05, 3.63) is 12.2 Å². The summed E-state index contributed by atoms with van der Waals surface area (Å²) in [6.07, 6.45) is 7.18. The van der Waals surface area contributed by atoms with E-state index in [9.17, 15) is 0 Å². The Morgan fingerprint density at radius 2 is 1.87 bits per heavy atom. The van der Waals surface area contributed by atoms with E-state index in [-0.39, 0.29) is 0 Å². The van der Waals surface area contributed by atoms with E-state index in [0.29, 0.717) is 10.8 Å². The van der Waals surface area contributed by atoms with Crippen molar-refractivity contribution in [3.8, 4) is 0 Å². The van der Waals surface area contributed by atoms with Gasteiger partial charge in [0.2, 0.25) is 0 Å². The summed E-state index contributed by atoms with van der Waals surface area (Å²) in [4.78, 5) is 0. The summed E-state index contributed by atoms with van der Waals surface area (Å²) in [7, 11) is 0. The molecule has 0 saturated heterocycles. The lowest BCUT2D eigenvalue weighted by atomic mass is 9.69. The minimum Gasteiger partial charge on any atom is -0.0990 e. The molecule has 15 heavy (non-hydrogen) atoms. The van der Waals surface area contributed by atoms with Crippen molar-refractivity contribution in [2.24, 2.45) is 28.6 Å². The summed E-state index contributed by atoms with van der Waals surface area (Å²) >= 11 is 0. The van der Waals surface area contributed by atoms with E-state index in [0.717, 1.165) is 17.8 Å². The van der Waals surface area contributed by atoms with Crippen molar-refractivity contribution in [1.82, 2.24) is 0 Å². The standard InChI is InChI=1S/C15H24/c1-10-11-6-7-12-13(11)14(2,3)8-5-9-15(10,12)4/h11-13H,1,5-9H2,2-4H3/t11-,12+,13-,15+/m1/s1. The van der Waals surface area contributed by atoms with Crippen LogP contribution >= 0.6 is 0 Å². The lowest BCUT2D eigenvalue weighted by Gasteiger charge is -2.35. The molecule has 0 amide bonds. The van der Waals surface area contributed by atoms with Crippen LogP contribution in [0.3, 0.4) is 0 Å². The molecule has 3 fully saturated rings. The third-order valence-corrected chi connectivity index (χ3v) is 6.07. The number of hydrogen-bond acceptors (Lipinski definition) is 0. The summed E-state index contributed by atoms with van der Waals surface area (Å²) in [5, 5.41) is 0. The Morgan fingerprint density at radius 3 is 2.60 bits per heavy atom. The van der Waals surface area contributed by atoms with Gasteiger partial charge < -0.3 is 0 Å². The van der Waals surface area contributed by atoms with Gasteiger partial charge in [0.25, 0.3) is 0 Å². The van der Waals surface area contributed by atoms with E-state index >= 15 is 0 Å². The fourth-order valence-electron chi connectivity index (χ4n) is 5.28. The molecule has 0 aromatic heterocycles. The predicted octanol–water partition coefficient (Wildman–Crippen LogP) is 4.42. The van der Waals surface area contributed by atoms with Crippen LogP contribution in [0, 0.1) is 28.6 Å². The summed E-state index contributed by atoms with van der Waals surface area (Å²) in [6.45, 7) is 12.0. The highest BCUT2D eigenvalue weighted by Gasteiger charge is 2.61. The summed E-state index contributed by atoms with van der Waals surface area (Å²) in [5.41, 5.74) is 2.71. The summed E-state index contributed by atoms with van der Waals surface area (Å²) in [5.74, 6) is 2.79. The van der Waals surface area contributed by atoms with Crippen molar-refractivity contribution in [2.45, 2.75) is 52.9 Å². The van der Waals surface area contributed by atoms with Gasteiger partial charge >= 0.3 is 0 Å². The third-order valence-electron chi connectivity index (χ3n) is 6.07. The topological polar surface area (TPSA) is 0 Å². The maximum absolute atomic E-state index is 4.46. The Balaban J connectivity index is 2.10. The fraction of sp³-hybridized carbons (Fsp3) is 0.867. The van der Waals surface area contributed by atoms with E-state index in [2.05, 4.69) is 27.4 Å². The zero-order valence-corrected chi connectivity index (χ0v) is 10.5. The number of rotatable bonds is 0. The first-order chi connectivity index (χ1) is 6.97. The molecule has 0 heterocycles. The van der Waals surface area contributed by atoms with Crippen LogP contribution in [-0.4, -0.2) is 0 Å². The Kier molecular flexibility index (Phi) is 1.79. The van der Waals surface area contributed by atoms with Crippen molar-refractivity contribution in [2.75, 3.05) is 0 Å². The molecule has 0 unspecified atom stereocenters. The van der Waals surface area contributed by atoms with E-state index in [1.54, 1.807) is 5.57 Å². The van der Waals surface area contributed by atoms with Gasteiger partial charge in [-0.1, -0.05) is 39.3 Å². The molecule has 0 aromatic carbocycles. The zero-order chi connectivity index (χ0) is 10.8. The predicted molar refractivity (Wildman–Crippen MR) is 64.6 cm³/mol. The van der Waals surface area contributed by atoms with Gasteiger partial charge in [-0.25, -0.2) is 0 Å². The van der Waals surface area contributed by atoms with Crippen molar-refractivity contribution >= 4 is 0 Å². The first-order valence-electron chi connectivity index (χ1n) is 6.66. The fourth-order valence-corrected chi connectivity index (χ4v) is 5.28. The molecule has 0 nitrogen and oxygen atoms in total. The van der Waals surface area contributed by atoms with Crippen LogP contribution in [-0.2, 0) is 0 Å². The average Bonchev–Trinajstić information content (AvgIpc) is 2.63. The van der Waals surface area contributed by atoms with E-state index < -0.39 is 0 Å². The smallest absolute Gasteiger partial charge is 0.00849 e. The molecule has 3 aliphatic rings. The summed E-state index contributed by atoms with van der Waals surface area (Å²) in [6, 6.07) is 0. The lowest BCUT2D eigenvalue weighted by Crippen LogP contribution is -2.28. The average molecular weight is 204 g/mol. The van der Waals surface area contributed by atoms with Gasteiger partial charge in [-0.15, -0.1) is 0 Å². The van der Waals surface area contributed by atoms with Crippen molar-refractivity contribution < 1.29 is 0 Å². The van der Waals surface area contributed by atoms with Gasteiger partial charge in [0.05, 0.1) is 0 Å². The van der Waals surface area contributed by atoms with Crippen LogP contribution < -0.4 is 0 Å². The first kappa shape index (κ1) is 9.93. The Labute approximate surface area is 94.1 Å². The molecular weight excluding hydrogens is 180 g/mol. The largest absolute Gasteiger partial charge is 0.0990 e. The molecule has 0 radical (unpaired) electrons. The minimum absolute atomic E-state index is 0.515. The quantitative estimate of drug-likeness (QED) is 0.513. The molecule has 3 aliphatic carbocycles. The second-order valence-corrected chi connectivity index (χ2v) is 7.10. The van der Waals surface area contributed by atoms with Crippen LogP contribution in [0.25, 0.3) is 0 Å². The molecule has 4 bridgehead atoms. The van der Waals surface area contributed by atoms with Crippen molar-refractivity contribution in [3.63, 3.8) is 0 Å². The van der Waals surface area contributed by atoms with Crippen LogP contribution in [0.1, 0.15) is 52.9 Å². The maximum Gasteiger partial charge on any atom is -0.00849 e. The second-order valence-electron chi connectivity index (χ2n) is 7.10. The van der Waals surface area contributed by atoms with Gasteiger partial charge in [-0.3, -0.25) is 0 Å². The van der Waals surface area contributed by atoms with Gasteiger partial charge in [-0.2, -0.15) is 0 Å². The Bertz CT molecular complexity index is 312. The Hall–Kier alpha value is -0.260. The molecule has 0 spiro atoms. The van der Waals surface area contributed by atoms with Gasteiger partial charge in [0.15, 0.2) is 0 Å². The first-order valence-corrected chi connectivity index (χ1v) is 6.66. The number of hydrogen-bond donors (Lipinski definition) is 0. The van der Waals surface area contributed by atoms with Crippen LogP contribution in [0.4, 0.5) is 0 Å². The molecule has 0 aliphatic heterocycles. The minimum atomic E-state index is 0.515. The van der Waals surface area contributed by atoms with Gasteiger partial charge in [-0.05, 0) is 54.3 Å². The second kappa shape index (κ2) is 2.70. The molecule has 0 aromatic rings. The van der Waals surface area contributed by atoms with Gasteiger partial charge in [0.1, 0.15) is 0 Å². The van der Waals surface area contributed by atoms with Crippen molar-refractivity contribution in [1.29, 1.82) is 0 Å². The van der Waals surface area contributed by atoms with Crippen LogP contribution in [0.15, 0.2) is 12.2 Å². The zero-order valence-electron chi connectivity index (χ0n) is 10.5. The van der Waals surface area contributed by atoms with E-state index in [1.165, 1.54) is 32.1 Å². The molecule has 0 heteroatoms. The highest BCUT2D eigenvalue weighted by molar-refractivity contribution is 5.29. The molecule has 3 rings (SSSR count). The molecule has 3 saturated carbocycles. The van der Waals surface area contributed by atoms with E-state index in [4.69, 9.17) is 0 Å². The molecule has 4 atom stereocenters. The highest BCUT2D eigenvalue weighted by Crippen LogP contribution is 2.70. The molecule has 0 N–H and O–H groups in total. The number of allylic oxidation sites excluding steroid dienone is 1. The van der Waals surface area contributed by atoms with Crippen LogP contribution in [0.5, 0.6) is 0 Å². The SMILES string of the molecule is C=C1[C@H]2CC[C@H]3[C@@H]2C(C)(C)CCC[C@@]13C. The summed E-state index contributed by atoms with van der Waals surface area (Å²) < 4.78 is 0. The normalized spacial score (nSPS) is 51.9. The maximum atomic E-state index is 4.46. The van der Waals surface area contributed by atoms with Crippen LogP contribution in [0.2, 0.25) is 0 Å². The molecular formula is C15H24. The highest BCUT2D eigenvalue weighted by atomic mass is 14.7. The third kappa shape index (κ3) is 1.04. The molecule has 84 valence electrons. The Morgan fingerprint density at radius 1 is 1.13 bits per heavy atom. The monoisotopic (exact) mass is 204 g/mol.